The summed E-state index contributed by atoms with van der Waals surface area (Å²) in [5.41, 5.74) is 0.775. The molecule has 0 heterocycles. The van der Waals surface area contributed by atoms with E-state index in [1.165, 1.54) is 4.90 Å². The number of hydrogen-bond donors (Lipinski definition) is 2. The van der Waals surface area contributed by atoms with E-state index in [-0.39, 0.29) is 0 Å². The van der Waals surface area contributed by atoms with E-state index in [4.69, 9.17) is 5.11 Å². The molecule has 0 spiro atoms. The summed E-state index contributed by atoms with van der Waals surface area (Å²) in [4.78, 5) is 35.3. The molecule has 1 atom stereocenters. The Hall–Kier alpha value is -2.05. The van der Waals surface area contributed by atoms with Gasteiger partial charge in [0.15, 0.2) is 0 Å². The van der Waals surface area contributed by atoms with Crippen molar-refractivity contribution in [2.75, 3.05) is 20.2 Å². The van der Waals surface area contributed by atoms with Gasteiger partial charge in [0.05, 0.1) is 13.5 Å². The predicted octanol–water partition coefficient (Wildman–Crippen LogP) is 0.610. The second-order valence-corrected chi connectivity index (χ2v) is 4.09. The third kappa shape index (κ3) is 6.44. The first-order valence-electron chi connectivity index (χ1n) is 5.81. The number of rotatable bonds is 7. The Morgan fingerprint density at radius 1 is 1.42 bits per heavy atom. The summed E-state index contributed by atoms with van der Waals surface area (Å²) in [7, 11) is 1.16. The standard InChI is InChI=1S/C12H20N2O5/c1-5-14(7-8(2)3)12(18)13-9(11(16)17)6-10(15)19-4/h9H,2,5-7H2,1,3-4H3,(H,13,18)(H,16,17)/t9-/m0/s1. The molecule has 108 valence electrons. The molecule has 0 aliphatic carbocycles. The van der Waals surface area contributed by atoms with Gasteiger partial charge >= 0.3 is 18.0 Å². The van der Waals surface area contributed by atoms with Gasteiger partial charge in [0.2, 0.25) is 0 Å². The van der Waals surface area contributed by atoms with E-state index in [2.05, 4.69) is 16.6 Å². The largest absolute Gasteiger partial charge is 0.480 e. The molecule has 19 heavy (non-hydrogen) atoms. The molecule has 2 amide bonds. The predicted molar refractivity (Wildman–Crippen MR) is 68.6 cm³/mol. The minimum absolute atomic E-state index is 0.326. The van der Waals surface area contributed by atoms with Gasteiger partial charge in [-0.25, -0.2) is 9.59 Å². The van der Waals surface area contributed by atoms with Crippen molar-refractivity contribution in [2.24, 2.45) is 0 Å². The molecule has 0 aromatic carbocycles. The fourth-order valence-corrected chi connectivity index (χ4v) is 1.34. The van der Waals surface area contributed by atoms with Gasteiger partial charge in [0.1, 0.15) is 6.04 Å². The van der Waals surface area contributed by atoms with Crippen molar-refractivity contribution in [1.82, 2.24) is 10.2 Å². The lowest BCUT2D eigenvalue weighted by molar-refractivity contribution is -0.147. The van der Waals surface area contributed by atoms with E-state index < -0.39 is 30.4 Å². The molecule has 0 rings (SSSR count). The second kappa shape index (κ2) is 8.12. The van der Waals surface area contributed by atoms with Crippen LogP contribution in [0.5, 0.6) is 0 Å². The number of carboxylic acid groups (broad SMARTS) is 1. The molecule has 7 nitrogen and oxygen atoms in total. The Bertz CT molecular complexity index is 367. The number of carbonyl (C=O) groups is 3. The lowest BCUT2D eigenvalue weighted by atomic mass is 10.2. The van der Waals surface area contributed by atoms with E-state index in [0.29, 0.717) is 13.1 Å². The zero-order valence-corrected chi connectivity index (χ0v) is 11.4. The smallest absolute Gasteiger partial charge is 0.326 e. The number of urea groups is 1. The molecule has 0 unspecified atom stereocenters. The molecule has 7 heteroatoms. The molecule has 0 aromatic rings. The maximum atomic E-state index is 11.9. The van der Waals surface area contributed by atoms with E-state index in [1.54, 1.807) is 13.8 Å². The zero-order chi connectivity index (χ0) is 15.0. The van der Waals surface area contributed by atoms with Crippen LogP contribution in [-0.4, -0.2) is 54.2 Å². The Morgan fingerprint density at radius 2 is 2.00 bits per heavy atom. The lowest BCUT2D eigenvalue weighted by Crippen LogP contribution is -2.49. The highest BCUT2D eigenvalue weighted by Crippen LogP contribution is 2.00. The van der Waals surface area contributed by atoms with Crippen LogP contribution in [0.2, 0.25) is 0 Å². The highest BCUT2D eigenvalue weighted by Gasteiger charge is 2.25. The molecule has 0 fully saturated rings. The van der Waals surface area contributed by atoms with Crippen molar-refractivity contribution < 1.29 is 24.2 Å². The summed E-state index contributed by atoms with van der Waals surface area (Å²) in [5.74, 6) is -1.99. The lowest BCUT2D eigenvalue weighted by Gasteiger charge is -2.23. The summed E-state index contributed by atoms with van der Waals surface area (Å²) in [5, 5.41) is 11.2. The van der Waals surface area contributed by atoms with Gasteiger partial charge in [-0.2, -0.15) is 0 Å². The van der Waals surface area contributed by atoms with Crippen LogP contribution in [0.1, 0.15) is 20.3 Å². The first kappa shape index (κ1) is 16.9. The molecule has 0 aromatic heterocycles. The monoisotopic (exact) mass is 272 g/mol. The Balaban J connectivity index is 4.65. The van der Waals surface area contributed by atoms with Gasteiger partial charge in [-0.1, -0.05) is 12.2 Å². The number of hydrogen-bond acceptors (Lipinski definition) is 4. The fourth-order valence-electron chi connectivity index (χ4n) is 1.34. The van der Waals surface area contributed by atoms with E-state index in [1.807, 2.05) is 0 Å². The van der Waals surface area contributed by atoms with Crippen molar-refractivity contribution in [3.05, 3.63) is 12.2 Å². The van der Waals surface area contributed by atoms with Gasteiger partial charge in [-0.15, -0.1) is 0 Å². The van der Waals surface area contributed by atoms with Crippen LogP contribution < -0.4 is 5.32 Å². The highest BCUT2D eigenvalue weighted by atomic mass is 16.5. The zero-order valence-electron chi connectivity index (χ0n) is 11.4. The second-order valence-electron chi connectivity index (χ2n) is 4.09. The van der Waals surface area contributed by atoms with E-state index in [9.17, 15) is 14.4 Å². The third-order valence-corrected chi connectivity index (χ3v) is 2.32. The first-order valence-corrected chi connectivity index (χ1v) is 5.81. The Kier molecular flexibility index (Phi) is 7.25. The molecular weight excluding hydrogens is 252 g/mol. The average molecular weight is 272 g/mol. The topological polar surface area (TPSA) is 95.9 Å². The van der Waals surface area contributed by atoms with Crippen LogP contribution in [0.25, 0.3) is 0 Å². The molecule has 0 saturated carbocycles. The molecule has 0 bridgehead atoms. The Labute approximate surface area is 112 Å². The maximum Gasteiger partial charge on any atom is 0.326 e. The Morgan fingerprint density at radius 3 is 2.37 bits per heavy atom. The number of carboxylic acids is 1. The van der Waals surface area contributed by atoms with Crippen LogP contribution in [0.4, 0.5) is 4.79 Å². The molecule has 0 radical (unpaired) electrons. The van der Waals surface area contributed by atoms with Crippen molar-refractivity contribution >= 4 is 18.0 Å². The quantitative estimate of drug-likeness (QED) is 0.523. The number of nitrogens with zero attached hydrogens (tertiary/aromatic N) is 1. The molecule has 0 aliphatic heterocycles. The van der Waals surface area contributed by atoms with Crippen LogP contribution in [0.3, 0.4) is 0 Å². The number of nitrogens with one attached hydrogen (secondary N) is 1. The highest BCUT2D eigenvalue weighted by molar-refractivity contribution is 5.86. The van der Waals surface area contributed by atoms with Gasteiger partial charge < -0.3 is 20.1 Å². The minimum Gasteiger partial charge on any atom is -0.480 e. The summed E-state index contributed by atoms with van der Waals surface area (Å²) < 4.78 is 4.38. The van der Waals surface area contributed by atoms with Crippen molar-refractivity contribution in [2.45, 2.75) is 26.3 Å². The summed E-state index contributed by atoms with van der Waals surface area (Å²) in [6.07, 6.45) is -0.414. The van der Waals surface area contributed by atoms with E-state index in [0.717, 1.165) is 12.7 Å². The van der Waals surface area contributed by atoms with Crippen LogP contribution in [0.15, 0.2) is 12.2 Å². The average Bonchev–Trinajstić information content (AvgIpc) is 2.34. The number of amides is 2. The van der Waals surface area contributed by atoms with Gasteiger partial charge in [0, 0.05) is 13.1 Å². The van der Waals surface area contributed by atoms with Crippen LogP contribution >= 0.6 is 0 Å². The summed E-state index contributed by atoms with van der Waals surface area (Å²) >= 11 is 0. The van der Waals surface area contributed by atoms with Crippen molar-refractivity contribution in [3.8, 4) is 0 Å². The van der Waals surface area contributed by atoms with Crippen molar-refractivity contribution in [1.29, 1.82) is 0 Å². The number of likely N-dealkylation sites (N-methyl/N-ethyl adjacent to an activating group) is 1. The van der Waals surface area contributed by atoms with Gasteiger partial charge in [-0.05, 0) is 13.8 Å². The minimum atomic E-state index is -1.31. The number of methoxy groups -OCH3 is 1. The molecular formula is C12H20N2O5. The summed E-state index contributed by atoms with van der Waals surface area (Å²) in [6.45, 7) is 7.95. The number of carbonyl (C=O) groups excluding carboxylic acids is 2. The van der Waals surface area contributed by atoms with Gasteiger partial charge in [-0.3, -0.25) is 4.79 Å². The number of aliphatic carboxylic acids is 1. The van der Waals surface area contributed by atoms with E-state index >= 15 is 0 Å². The van der Waals surface area contributed by atoms with Crippen LogP contribution in [0, 0.1) is 0 Å². The molecule has 2 N–H and O–H groups in total. The molecule has 0 aliphatic rings. The maximum absolute atomic E-state index is 11.9. The summed E-state index contributed by atoms with van der Waals surface area (Å²) in [6, 6.07) is -1.86. The normalized spacial score (nSPS) is 11.3. The van der Waals surface area contributed by atoms with Crippen LogP contribution in [-0.2, 0) is 14.3 Å². The fraction of sp³-hybridized carbons (Fsp3) is 0.583. The third-order valence-electron chi connectivity index (χ3n) is 2.32. The number of esters is 1. The number of ether oxygens (including phenoxy) is 1. The SMILES string of the molecule is C=C(C)CN(CC)C(=O)N[C@@H](CC(=O)OC)C(=O)O. The van der Waals surface area contributed by atoms with Crippen molar-refractivity contribution in [3.63, 3.8) is 0 Å². The molecule has 0 saturated heterocycles. The van der Waals surface area contributed by atoms with Gasteiger partial charge in [0.25, 0.3) is 0 Å². The first-order chi connectivity index (χ1) is 8.81.